The van der Waals surface area contributed by atoms with Crippen molar-refractivity contribution in [3.05, 3.63) is 200 Å². The van der Waals surface area contributed by atoms with Crippen LogP contribution in [-0.2, 0) is 0 Å². The van der Waals surface area contributed by atoms with E-state index in [0.29, 0.717) is 0 Å². The summed E-state index contributed by atoms with van der Waals surface area (Å²) in [7, 11) is 0. The minimum absolute atomic E-state index is 1.14. The van der Waals surface area contributed by atoms with Crippen molar-refractivity contribution in [2.75, 3.05) is 0 Å². The molecular weight excluding hydrogens is 643 g/mol. The summed E-state index contributed by atoms with van der Waals surface area (Å²) in [4.78, 5) is 0. The Morgan fingerprint density at radius 2 is 0.755 bits per heavy atom. The molecule has 0 aliphatic carbocycles. The largest absolute Gasteiger partial charge is 0.316 e. The van der Waals surface area contributed by atoms with Crippen LogP contribution in [0.15, 0.2) is 200 Å². The first kappa shape index (κ1) is 29.6. The molecule has 0 bridgehead atoms. The molecule has 3 heterocycles. The van der Waals surface area contributed by atoms with Gasteiger partial charge in [0.05, 0.1) is 27.6 Å². The van der Waals surface area contributed by atoms with Crippen molar-refractivity contribution in [2.24, 2.45) is 0 Å². The Balaban J connectivity index is 1.05. The van der Waals surface area contributed by atoms with E-state index < -0.39 is 0 Å². The zero-order valence-corrected chi connectivity index (χ0v) is 28.9. The van der Waals surface area contributed by atoms with Crippen LogP contribution in [0, 0.1) is 0 Å². The van der Waals surface area contributed by atoms with Gasteiger partial charge < -0.3 is 13.7 Å². The Labute approximate surface area is 306 Å². The second-order valence-electron chi connectivity index (χ2n) is 13.8. The second-order valence-corrected chi connectivity index (χ2v) is 13.8. The average molecular weight is 676 g/mol. The van der Waals surface area contributed by atoms with Crippen LogP contribution in [0.4, 0.5) is 0 Å². The molecule has 0 saturated heterocycles. The van der Waals surface area contributed by atoms with Crippen molar-refractivity contribution in [3.63, 3.8) is 0 Å². The zero-order valence-electron chi connectivity index (χ0n) is 28.9. The summed E-state index contributed by atoms with van der Waals surface area (Å²) in [5, 5.41) is 6.26. The van der Waals surface area contributed by atoms with Crippen molar-refractivity contribution >= 4 is 54.5 Å². The Kier molecular flexibility index (Phi) is 6.55. The lowest BCUT2D eigenvalue weighted by molar-refractivity contribution is 1.13. The fraction of sp³-hybridized carbons (Fsp3) is 0. The standard InChI is InChI=1S/C50H33N3/c1-3-11-34(12-4-1)36-19-22-38(23-20-36)51-32-31-44-46(51)30-28-43-41-15-7-10-18-48(41)53(50(43)44)40-26-24-39(25-27-40)52-47-17-9-8-16-42(47)45-33-37(21-29-49(45)52)35-13-5-2-6-14-35/h1-33H. The van der Waals surface area contributed by atoms with Gasteiger partial charge in [0.2, 0.25) is 0 Å². The SMILES string of the molecule is c1ccc(-c2ccc(-n3ccc4c3ccc3c5ccccc5n(-c5ccc(-n6c7ccccc7c7cc(-c8ccccc8)ccc76)cc5)c34)cc2)cc1. The predicted octanol–water partition coefficient (Wildman–Crippen LogP) is 13.2. The quantitative estimate of drug-likeness (QED) is 0.172. The summed E-state index contributed by atoms with van der Waals surface area (Å²) >= 11 is 0. The van der Waals surface area contributed by atoms with Gasteiger partial charge >= 0.3 is 0 Å². The molecule has 0 fully saturated rings. The van der Waals surface area contributed by atoms with Crippen molar-refractivity contribution in [2.45, 2.75) is 0 Å². The number of fused-ring (bicyclic) bond motifs is 8. The maximum Gasteiger partial charge on any atom is 0.0635 e. The van der Waals surface area contributed by atoms with Crippen LogP contribution in [0.3, 0.4) is 0 Å². The number of hydrogen-bond acceptors (Lipinski definition) is 0. The minimum Gasteiger partial charge on any atom is -0.316 e. The molecule has 0 N–H and O–H groups in total. The highest BCUT2D eigenvalue weighted by Crippen LogP contribution is 2.39. The number of para-hydroxylation sites is 2. The molecule has 53 heavy (non-hydrogen) atoms. The Morgan fingerprint density at radius 3 is 1.45 bits per heavy atom. The van der Waals surface area contributed by atoms with E-state index in [1.165, 1.54) is 76.8 Å². The molecule has 3 aromatic heterocycles. The summed E-state index contributed by atoms with van der Waals surface area (Å²) in [6, 6.07) is 70.4. The Morgan fingerprint density at radius 1 is 0.264 bits per heavy atom. The van der Waals surface area contributed by atoms with Crippen LogP contribution >= 0.6 is 0 Å². The number of hydrogen-bond donors (Lipinski definition) is 0. The monoisotopic (exact) mass is 675 g/mol. The number of rotatable bonds is 5. The topological polar surface area (TPSA) is 14.8 Å². The van der Waals surface area contributed by atoms with E-state index in [9.17, 15) is 0 Å². The van der Waals surface area contributed by atoms with Crippen LogP contribution < -0.4 is 0 Å². The molecule has 0 aliphatic rings. The van der Waals surface area contributed by atoms with E-state index in [4.69, 9.17) is 0 Å². The van der Waals surface area contributed by atoms with E-state index >= 15 is 0 Å². The number of nitrogens with zero attached hydrogens (tertiary/aromatic N) is 3. The van der Waals surface area contributed by atoms with Gasteiger partial charge in [0.25, 0.3) is 0 Å². The van der Waals surface area contributed by atoms with E-state index in [0.717, 1.165) is 17.1 Å². The van der Waals surface area contributed by atoms with Gasteiger partial charge in [-0.1, -0.05) is 121 Å². The maximum atomic E-state index is 2.44. The van der Waals surface area contributed by atoms with E-state index in [1.54, 1.807) is 0 Å². The lowest BCUT2D eigenvalue weighted by atomic mass is 10.0. The van der Waals surface area contributed by atoms with Crippen molar-refractivity contribution in [1.29, 1.82) is 0 Å². The first-order valence-electron chi connectivity index (χ1n) is 18.2. The van der Waals surface area contributed by atoms with Crippen molar-refractivity contribution in [1.82, 2.24) is 13.7 Å². The molecule has 0 radical (unpaired) electrons. The first-order valence-corrected chi connectivity index (χ1v) is 18.2. The van der Waals surface area contributed by atoms with Gasteiger partial charge in [-0.2, -0.15) is 0 Å². The smallest absolute Gasteiger partial charge is 0.0635 e. The molecular formula is C50H33N3. The summed E-state index contributed by atoms with van der Waals surface area (Å²) in [5.41, 5.74) is 14.3. The minimum atomic E-state index is 1.14. The molecule has 0 aliphatic heterocycles. The molecule has 248 valence electrons. The van der Waals surface area contributed by atoms with Gasteiger partial charge in [0.1, 0.15) is 0 Å². The number of aromatic nitrogens is 3. The highest BCUT2D eigenvalue weighted by atomic mass is 15.0. The number of benzene rings is 8. The normalized spacial score (nSPS) is 11.8. The molecule has 11 rings (SSSR count). The highest BCUT2D eigenvalue weighted by molar-refractivity contribution is 6.18. The second kappa shape index (κ2) is 11.7. The third-order valence-electron chi connectivity index (χ3n) is 10.9. The van der Waals surface area contributed by atoms with E-state index in [-0.39, 0.29) is 0 Å². The van der Waals surface area contributed by atoms with Gasteiger partial charge in [0, 0.05) is 50.2 Å². The van der Waals surface area contributed by atoms with Gasteiger partial charge in [-0.15, -0.1) is 0 Å². The van der Waals surface area contributed by atoms with Crippen LogP contribution in [0.2, 0.25) is 0 Å². The molecule has 0 atom stereocenters. The lowest BCUT2D eigenvalue weighted by Crippen LogP contribution is -1.97. The predicted molar refractivity (Wildman–Crippen MR) is 223 cm³/mol. The Hall–Kier alpha value is -7.10. The molecule has 8 aromatic carbocycles. The molecule has 0 unspecified atom stereocenters. The summed E-state index contributed by atoms with van der Waals surface area (Å²) in [6.45, 7) is 0. The zero-order chi connectivity index (χ0) is 34.9. The van der Waals surface area contributed by atoms with Crippen LogP contribution in [0.25, 0.3) is 93.8 Å². The summed E-state index contributed by atoms with van der Waals surface area (Å²) in [5.74, 6) is 0. The van der Waals surface area contributed by atoms with Gasteiger partial charge in [-0.25, -0.2) is 0 Å². The van der Waals surface area contributed by atoms with Gasteiger partial charge in [0.15, 0.2) is 0 Å². The van der Waals surface area contributed by atoms with E-state index in [1.807, 2.05) is 0 Å². The van der Waals surface area contributed by atoms with E-state index in [2.05, 4.69) is 214 Å². The molecule has 3 heteroatoms. The fourth-order valence-electron chi connectivity index (χ4n) is 8.43. The van der Waals surface area contributed by atoms with Gasteiger partial charge in [-0.05, 0) is 95.1 Å². The van der Waals surface area contributed by atoms with Crippen LogP contribution in [0.1, 0.15) is 0 Å². The highest BCUT2D eigenvalue weighted by Gasteiger charge is 2.18. The molecule has 11 aromatic rings. The van der Waals surface area contributed by atoms with Crippen LogP contribution in [0.5, 0.6) is 0 Å². The molecule has 3 nitrogen and oxygen atoms in total. The van der Waals surface area contributed by atoms with Crippen LogP contribution in [-0.4, -0.2) is 13.7 Å². The molecule has 0 saturated carbocycles. The van der Waals surface area contributed by atoms with Crippen molar-refractivity contribution < 1.29 is 0 Å². The maximum absolute atomic E-state index is 2.44. The first-order chi connectivity index (χ1) is 26.3. The molecule has 0 amide bonds. The Bertz CT molecular complexity index is 3120. The third-order valence-corrected chi connectivity index (χ3v) is 10.9. The lowest BCUT2D eigenvalue weighted by Gasteiger charge is -2.13. The third kappa shape index (κ3) is 4.61. The van der Waals surface area contributed by atoms with Gasteiger partial charge in [-0.3, -0.25) is 0 Å². The summed E-state index contributed by atoms with van der Waals surface area (Å²) in [6.07, 6.45) is 2.21. The van der Waals surface area contributed by atoms with Crippen molar-refractivity contribution in [3.8, 4) is 39.3 Å². The summed E-state index contributed by atoms with van der Waals surface area (Å²) < 4.78 is 7.15. The fourth-order valence-corrected chi connectivity index (χ4v) is 8.43. The average Bonchev–Trinajstić information content (AvgIpc) is 3.92. The molecule has 0 spiro atoms.